The highest BCUT2D eigenvalue weighted by Gasteiger charge is 2.01. The van der Waals surface area contributed by atoms with Crippen LogP contribution in [0.5, 0.6) is 5.75 Å². The number of carbonyl (C=O) groups is 1. The number of hydrazone groups is 1. The molecule has 0 unspecified atom stereocenters. The summed E-state index contributed by atoms with van der Waals surface area (Å²) in [5.74, 6) is 0.440. The van der Waals surface area contributed by atoms with Crippen molar-refractivity contribution in [1.82, 2.24) is 5.43 Å². The molecule has 2 N–H and O–H groups in total. The van der Waals surface area contributed by atoms with E-state index in [2.05, 4.69) is 10.5 Å². The first-order valence-corrected chi connectivity index (χ1v) is 5.19. The number of rotatable bonds is 4. The number of carbonyl (C=O) groups excluding carboxylic acids is 1. The van der Waals surface area contributed by atoms with Gasteiger partial charge in [0.15, 0.2) is 0 Å². The first-order valence-electron chi connectivity index (χ1n) is 5.19. The van der Waals surface area contributed by atoms with Crippen LogP contribution in [0.25, 0.3) is 0 Å². The van der Waals surface area contributed by atoms with Gasteiger partial charge in [0.25, 0.3) is 0 Å². The van der Waals surface area contributed by atoms with Crippen LogP contribution in [-0.4, -0.2) is 17.2 Å². The molecule has 0 atom stereocenters. The second kappa shape index (κ2) is 5.90. The summed E-state index contributed by atoms with van der Waals surface area (Å²) in [6, 6.07) is 6.56. The molecule has 16 heavy (non-hydrogen) atoms. The number of aromatic hydroxyl groups is 1. The standard InChI is InChI=1S/C12H16N2O2/c1-9(2)7-12(16)14-13-8-10-3-5-11(15)6-4-10/h3-6,8-9,15H,7H2,1-2H3,(H,14,16)/b13-8+. The number of hydrogen-bond acceptors (Lipinski definition) is 3. The van der Waals surface area contributed by atoms with Crippen LogP contribution in [0.4, 0.5) is 0 Å². The van der Waals surface area contributed by atoms with Gasteiger partial charge in [-0.2, -0.15) is 5.10 Å². The predicted octanol–water partition coefficient (Wildman–Crippen LogP) is 1.89. The first kappa shape index (κ1) is 12.2. The summed E-state index contributed by atoms with van der Waals surface area (Å²) in [6.07, 6.45) is 2.00. The van der Waals surface area contributed by atoms with E-state index >= 15 is 0 Å². The number of phenols is 1. The van der Waals surface area contributed by atoms with Crippen LogP contribution in [0.2, 0.25) is 0 Å². The molecule has 0 aliphatic rings. The number of nitrogens with one attached hydrogen (secondary N) is 1. The molecule has 86 valence electrons. The number of phenolic OH excluding ortho intramolecular Hbond substituents is 1. The maximum Gasteiger partial charge on any atom is 0.240 e. The zero-order valence-electron chi connectivity index (χ0n) is 9.47. The lowest BCUT2D eigenvalue weighted by Gasteiger charge is -2.01. The van der Waals surface area contributed by atoms with E-state index in [1.165, 1.54) is 6.21 Å². The second-order valence-electron chi connectivity index (χ2n) is 3.98. The molecule has 1 rings (SSSR count). The molecule has 0 spiro atoms. The van der Waals surface area contributed by atoms with Gasteiger partial charge >= 0.3 is 0 Å². The quantitative estimate of drug-likeness (QED) is 0.601. The van der Waals surface area contributed by atoms with E-state index < -0.39 is 0 Å². The van der Waals surface area contributed by atoms with E-state index in [0.717, 1.165) is 5.56 Å². The summed E-state index contributed by atoms with van der Waals surface area (Å²) >= 11 is 0. The van der Waals surface area contributed by atoms with Crippen molar-refractivity contribution in [3.63, 3.8) is 0 Å². The van der Waals surface area contributed by atoms with E-state index in [1.54, 1.807) is 24.3 Å². The van der Waals surface area contributed by atoms with Crippen LogP contribution < -0.4 is 5.43 Å². The molecule has 1 aromatic rings. The van der Waals surface area contributed by atoms with Gasteiger partial charge in [0, 0.05) is 6.42 Å². The highest BCUT2D eigenvalue weighted by molar-refractivity contribution is 5.82. The summed E-state index contributed by atoms with van der Waals surface area (Å²) in [5.41, 5.74) is 3.27. The third-order valence-electron chi connectivity index (χ3n) is 1.89. The van der Waals surface area contributed by atoms with Crippen molar-refractivity contribution in [1.29, 1.82) is 0 Å². The van der Waals surface area contributed by atoms with Crippen molar-refractivity contribution in [2.75, 3.05) is 0 Å². The van der Waals surface area contributed by atoms with Crippen LogP contribution >= 0.6 is 0 Å². The molecule has 0 heterocycles. The zero-order valence-corrected chi connectivity index (χ0v) is 9.47. The van der Waals surface area contributed by atoms with E-state index in [9.17, 15) is 4.79 Å². The smallest absolute Gasteiger partial charge is 0.240 e. The van der Waals surface area contributed by atoms with Crippen molar-refractivity contribution in [2.24, 2.45) is 11.0 Å². The lowest BCUT2D eigenvalue weighted by Crippen LogP contribution is -2.19. The van der Waals surface area contributed by atoms with Crippen molar-refractivity contribution < 1.29 is 9.90 Å². The summed E-state index contributed by atoms with van der Waals surface area (Å²) in [7, 11) is 0. The Morgan fingerprint density at radius 1 is 1.44 bits per heavy atom. The normalized spacial score (nSPS) is 10.9. The fourth-order valence-electron chi connectivity index (χ4n) is 1.16. The molecular formula is C12H16N2O2. The summed E-state index contributed by atoms with van der Waals surface area (Å²) in [5, 5.41) is 12.9. The molecule has 0 aliphatic carbocycles. The number of benzene rings is 1. The zero-order chi connectivity index (χ0) is 12.0. The van der Waals surface area contributed by atoms with Gasteiger partial charge in [0.05, 0.1) is 6.21 Å². The molecule has 0 fully saturated rings. The molecule has 1 amide bonds. The van der Waals surface area contributed by atoms with Crippen LogP contribution in [0, 0.1) is 5.92 Å². The summed E-state index contributed by atoms with van der Waals surface area (Å²) in [4.78, 5) is 11.2. The lowest BCUT2D eigenvalue weighted by molar-refractivity contribution is -0.121. The second-order valence-corrected chi connectivity index (χ2v) is 3.98. The topological polar surface area (TPSA) is 61.7 Å². The molecule has 0 radical (unpaired) electrons. The first-order chi connectivity index (χ1) is 7.58. The molecule has 0 aliphatic heterocycles. The Labute approximate surface area is 95.0 Å². The summed E-state index contributed by atoms with van der Waals surface area (Å²) in [6.45, 7) is 3.95. The molecule has 0 aromatic heterocycles. The predicted molar refractivity (Wildman–Crippen MR) is 63.3 cm³/mol. The van der Waals surface area contributed by atoms with Crippen molar-refractivity contribution in [2.45, 2.75) is 20.3 Å². The van der Waals surface area contributed by atoms with E-state index in [4.69, 9.17) is 5.11 Å². The van der Waals surface area contributed by atoms with Gasteiger partial charge in [-0.15, -0.1) is 0 Å². The largest absolute Gasteiger partial charge is 0.508 e. The average molecular weight is 220 g/mol. The molecule has 0 saturated heterocycles. The Morgan fingerprint density at radius 2 is 2.06 bits per heavy atom. The van der Waals surface area contributed by atoms with E-state index in [-0.39, 0.29) is 11.7 Å². The average Bonchev–Trinajstić information content (AvgIpc) is 2.20. The van der Waals surface area contributed by atoms with Gasteiger partial charge in [0.1, 0.15) is 5.75 Å². The van der Waals surface area contributed by atoms with Crippen molar-refractivity contribution in [3.8, 4) is 5.75 Å². The number of hydrogen-bond donors (Lipinski definition) is 2. The van der Waals surface area contributed by atoms with E-state index in [0.29, 0.717) is 12.3 Å². The van der Waals surface area contributed by atoms with Crippen molar-refractivity contribution >= 4 is 12.1 Å². The lowest BCUT2D eigenvalue weighted by atomic mass is 10.1. The van der Waals surface area contributed by atoms with Gasteiger partial charge < -0.3 is 5.11 Å². The Balaban J connectivity index is 2.43. The van der Waals surface area contributed by atoms with Crippen LogP contribution in [0.3, 0.4) is 0 Å². The van der Waals surface area contributed by atoms with Crippen LogP contribution in [0.1, 0.15) is 25.8 Å². The monoisotopic (exact) mass is 220 g/mol. The molecule has 0 saturated carbocycles. The van der Waals surface area contributed by atoms with Crippen molar-refractivity contribution in [3.05, 3.63) is 29.8 Å². The Kier molecular flexibility index (Phi) is 4.51. The Morgan fingerprint density at radius 3 is 2.62 bits per heavy atom. The molecule has 0 bridgehead atoms. The third-order valence-corrected chi connectivity index (χ3v) is 1.89. The number of nitrogens with zero attached hydrogens (tertiary/aromatic N) is 1. The minimum atomic E-state index is -0.0926. The van der Waals surface area contributed by atoms with Gasteiger partial charge in [-0.25, -0.2) is 5.43 Å². The highest BCUT2D eigenvalue weighted by atomic mass is 16.3. The maximum absolute atomic E-state index is 11.2. The van der Waals surface area contributed by atoms with Crippen LogP contribution in [-0.2, 0) is 4.79 Å². The minimum Gasteiger partial charge on any atom is -0.508 e. The molecule has 4 heteroatoms. The molecule has 1 aromatic carbocycles. The van der Waals surface area contributed by atoms with Crippen LogP contribution in [0.15, 0.2) is 29.4 Å². The fourth-order valence-corrected chi connectivity index (χ4v) is 1.16. The maximum atomic E-state index is 11.2. The fraction of sp³-hybridized carbons (Fsp3) is 0.333. The Bertz CT molecular complexity index is 369. The Hall–Kier alpha value is -1.84. The third kappa shape index (κ3) is 4.59. The van der Waals surface area contributed by atoms with Gasteiger partial charge in [-0.1, -0.05) is 13.8 Å². The minimum absolute atomic E-state index is 0.0926. The molecular weight excluding hydrogens is 204 g/mol. The molecule has 4 nitrogen and oxygen atoms in total. The number of amides is 1. The van der Waals surface area contributed by atoms with Gasteiger partial charge in [0.2, 0.25) is 5.91 Å². The van der Waals surface area contributed by atoms with Gasteiger partial charge in [-0.05, 0) is 35.7 Å². The summed E-state index contributed by atoms with van der Waals surface area (Å²) < 4.78 is 0. The highest BCUT2D eigenvalue weighted by Crippen LogP contribution is 2.07. The SMILES string of the molecule is CC(C)CC(=O)N/N=C/c1ccc(O)cc1. The van der Waals surface area contributed by atoms with E-state index in [1.807, 2.05) is 13.8 Å². The van der Waals surface area contributed by atoms with Gasteiger partial charge in [-0.3, -0.25) is 4.79 Å².